The average Bonchev–Trinajstić information content (AvgIpc) is 3.27. The third-order valence-corrected chi connectivity index (χ3v) is 6.86. The second kappa shape index (κ2) is 7.96. The molecule has 0 N–H and O–H groups in total. The van der Waals surface area contributed by atoms with E-state index in [1.807, 2.05) is 18.3 Å². The predicted octanol–water partition coefficient (Wildman–Crippen LogP) is 8.67. The van der Waals surface area contributed by atoms with Gasteiger partial charge in [0.25, 0.3) is 0 Å². The Morgan fingerprint density at radius 2 is 1.20 bits per heavy atom. The number of rotatable bonds is 3. The van der Waals surface area contributed by atoms with Crippen LogP contribution in [0.1, 0.15) is 0 Å². The molecule has 0 unspecified atom stereocenters. The van der Waals surface area contributed by atoms with Crippen molar-refractivity contribution in [2.45, 2.75) is 0 Å². The zero-order valence-corrected chi connectivity index (χ0v) is 19.1. The van der Waals surface area contributed by atoms with Gasteiger partial charge in [-0.2, -0.15) is 0 Å². The van der Waals surface area contributed by atoms with Crippen LogP contribution >= 0.6 is 0 Å². The van der Waals surface area contributed by atoms with E-state index >= 15 is 0 Å². The smallest absolute Gasteiger partial charge is 0.145 e. The number of pyridine rings is 1. The van der Waals surface area contributed by atoms with Crippen LogP contribution in [-0.4, -0.2) is 9.55 Å². The van der Waals surface area contributed by atoms with Crippen molar-refractivity contribution < 1.29 is 0 Å². The van der Waals surface area contributed by atoms with Crippen molar-refractivity contribution in [3.63, 3.8) is 0 Å². The molecule has 35 heavy (non-hydrogen) atoms. The van der Waals surface area contributed by atoms with E-state index in [0.29, 0.717) is 0 Å². The molecule has 0 aliphatic rings. The van der Waals surface area contributed by atoms with Crippen molar-refractivity contribution in [3.05, 3.63) is 134 Å². The SMILES string of the molecule is c1ccc(-n2c3ccc(-c4ccc(-c5cccc6ccccc56)cc4)cc3c3cccnc32)cc1. The number of nitrogens with zero attached hydrogens (tertiary/aromatic N) is 2. The summed E-state index contributed by atoms with van der Waals surface area (Å²) in [5.41, 5.74) is 8.19. The summed E-state index contributed by atoms with van der Waals surface area (Å²) in [6, 6.07) is 45.4. The summed E-state index contributed by atoms with van der Waals surface area (Å²) in [7, 11) is 0. The third-order valence-electron chi connectivity index (χ3n) is 6.86. The molecule has 0 aliphatic carbocycles. The van der Waals surface area contributed by atoms with Gasteiger partial charge in [0.1, 0.15) is 5.65 Å². The Morgan fingerprint density at radius 3 is 2.09 bits per heavy atom. The van der Waals surface area contributed by atoms with Crippen molar-refractivity contribution in [3.8, 4) is 27.9 Å². The van der Waals surface area contributed by atoms with Gasteiger partial charge in [-0.3, -0.25) is 4.57 Å². The standard InChI is InChI=1S/C33H22N2/c1-2-10-27(11-3-1)35-32-20-19-26(22-31(32)30-14-7-21-34-33(30)35)23-15-17-25(18-16-23)29-13-6-9-24-8-4-5-12-28(24)29/h1-22H. The molecule has 0 saturated carbocycles. The van der Waals surface area contributed by atoms with Gasteiger partial charge in [0.05, 0.1) is 5.52 Å². The molecule has 0 fully saturated rings. The maximum absolute atomic E-state index is 4.73. The highest BCUT2D eigenvalue weighted by Gasteiger charge is 2.14. The lowest BCUT2D eigenvalue weighted by Gasteiger charge is -2.09. The largest absolute Gasteiger partial charge is 0.294 e. The Kier molecular flexibility index (Phi) is 4.49. The van der Waals surface area contributed by atoms with Gasteiger partial charge < -0.3 is 0 Å². The van der Waals surface area contributed by atoms with Crippen LogP contribution in [0.2, 0.25) is 0 Å². The Hall–Kier alpha value is -4.69. The van der Waals surface area contributed by atoms with E-state index in [2.05, 4.69) is 120 Å². The summed E-state index contributed by atoms with van der Waals surface area (Å²) in [5, 5.41) is 4.93. The molecule has 0 spiro atoms. The Bertz CT molecular complexity index is 1820. The molecule has 0 amide bonds. The van der Waals surface area contributed by atoms with E-state index < -0.39 is 0 Å². The van der Waals surface area contributed by atoms with Gasteiger partial charge >= 0.3 is 0 Å². The van der Waals surface area contributed by atoms with Crippen LogP contribution < -0.4 is 0 Å². The minimum Gasteiger partial charge on any atom is -0.294 e. The molecular formula is C33H22N2. The van der Waals surface area contributed by atoms with Crippen LogP contribution in [0.4, 0.5) is 0 Å². The maximum atomic E-state index is 4.73. The molecule has 2 nitrogen and oxygen atoms in total. The van der Waals surface area contributed by atoms with E-state index in [9.17, 15) is 0 Å². The summed E-state index contributed by atoms with van der Waals surface area (Å²) in [6.45, 7) is 0. The summed E-state index contributed by atoms with van der Waals surface area (Å²) in [6.07, 6.45) is 1.87. The number of para-hydroxylation sites is 1. The molecule has 0 aliphatic heterocycles. The molecule has 5 aromatic carbocycles. The molecule has 164 valence electrons. The molecule has 7 aromatic rings. The van der Waals surface area contributed by atoms with Crippen LogP contribution in [-0.2, 0) is 0 Å². The number of fused-ring (bicyclic) bond motifs is 4. The molecule has 2 aromatic heterocycles. The van der Waals surface area contributed by atoms with E-state index in [4.69, 9.17) is 4.98 Å². The van der Waals surface area contributed by atoms with Crippen molar-refractivity contribution in [1.82, 2.24) is 9.55 Å². The highest BCUT2D eigenvalue weighted by Crippen LogP contribution is 2.35. The number of hydrogen-bond acceptors (Lipinski definition) is 1. The minimum atomic E-state index is 0.983. The van der Waals surface area contributed by atoms with Gasteiger partial charge in [0.15, 0.2) is 0 Å². The van der Waals surface area contributed by atoms with Gasteiger partial charge in [-0.05, 0) is 69.4 Å². The summed E-state index contributed by atoms with van der Waals surface area (Å²) < 4.78 is 2.25. The van der Waals surface area contributed by atoms with Crippen LogP contribution in [0, 0.1) is 0 Å². The van der Waals surface area contributed by atoms with Crippen LogP contribution in [0.25, 0.3) is 60.6 Å². The number of benzene rings is 5. The highest BCUT2D eigenvalue weighted by molar-refractivity contribution is 6.09. The number of aromatic nitrogens is 2. The van der Waals surface area contributed by atoms with Crippen molar-refractivity contribution in [1.29, 1.82) is 0 Å². The normalized spacial score (nSPS) is 11.4. The van der Waals surface area contributed by atoms with Gasteiger partial charge in [0, 0.05) is 22.7 Å². The second-order valence-electron chi connectivity index (χ2n) is 8.88. The minimum absolute atomic E-state index is 0.983. The van der Waals surface area contributed by atoms with Gasteiger partial charge in [0.2, 0.25) is 0 Å². The van der Waals surface area contributed by atoms with Crippen LogP contribution in [0.5, 0.6) is 0 Å². The molecule has 2 heteroatoms. The zero-order chi connectivity index (χ0) is 23.2. The zero-order valence-electron chi connectivity index (χ0n) is 19.1. The lowest BCUT2D eigenvalue weighted by Crippen LogP contribution is -1.94. The summed E-state index contributed by atoms with van der Waals surface area (Å²) >= 11 is 0. The van der Waals surface area contributed by atoms with E-state index in [1.54, 1.807) is 0 Å². The summed E-state index contributed by atoms with van der Waals surface area (Å²) in [4.78, 5) is 4.73. The molecule has 0 atom stereocenters. The molecule has 2 heterocycles. The van der Waals surface area contributed by atoms with Gasteiger partial charge in [-0.1, -0.05) is 91.0 Å². The lowest BCUT2D eigenvalue weighted by atomic mass is 9.96. The van der Waals surface area contributed by atoms with Crippen molar-refractivity contribution >= 4 is 32.7 Å². The fourth-order valence-corrected chi connectivity index (χ4v) is 5.18. The van der Waals surface area contributed by atoms with Gasteiger partial charge in [-0.25, -0.2) is 4.98 Å². The summed E-state index contributed by atoms with van der Waals surface area (Å²) in [5.74, 6) is 0. The van der Waals surface area contributed by atoms with Crippen LogP contribution in [0.3, 0.4) is 0 Å². The number of hydrogen-bond donors (Lipinski definition) is 0. The second-order valence-corrected chi connectivity index (χ2v) is 8.88. The predicted molar refractivity (Wildman–Crippen MR) is 147 cm³/mol. The third kappa shape index (κ3) is 3.23. The first-order valence-electron chi connectivity index (χ1n) is 11.9. The van der Waals surface area contributed by atoms with Gasteiger partial charge in [-0.15, -0.1) is 0 Å². The molecule has 0 radical (unpaired) electrons. The molecule has 0 bridgehead atoms. The Morgan fingerprint density at radius 1 is 0.486 bits per heavy atom. The quantitative estimate of drug-likeness (QED) is 0.265. The average molecular weight is 447 g/mol. The Labute approximate surface area is 203 Å². The van der Waals surface area contributed by atoms with Crippen molar-refractivity contribution in [2.24, 2.45) is 0 Å². The fraction of sp³-hybridized carbons (Fsp3) is 0. The molecular weight excluding hydrogens is 424 g/mol. The lowest BCUT2D eigenvalue weighted by molar-refractivity contribution is 1.14. The monoisotopic (exact) mass is 446 g/mol. The first kappa shape index (κ1) is 19.7. The molecule has 7 rings (SSSR count). The topological polar surface area (TPSA) is 17.8 Å². The first-order valence-corrected chi connectivity index (χ1v) is 11.9. The van der Waals surface area contributed by atoms with Crippen LogP contribution in [0.15, 0.2) is 134 Å². The highest BCUT2D eigenvalue weighted by atomic mass is 15.0. The Balaban J connectivity index is 1.35. The van der Waals surface area contributed by atoms with E-state index in [0.717, 1.165) is 11.3 Å². The molecule has 0 saturated heterocycles. The van der Waals surface area contributed by atoms with E-state index in [-0.39, 0.29) is 0 Å². The first-order chi connectivity index (χ1) is 17.4. The fourth-order valence-electron chi connectivity index (χ4n) is 5.18. The van der Waals surface area contributed by atoms with Crippen molar-refractivity contribution in [2.75, 3.05) is 0 Å². The maximum Gasteiger partial charge on any atom is 0.145 e. The van der Waals surface area contributed by atoms with E-state index in [1.165, 1.54) is 49.3 Å².